The van der Waals surface area contributed by atoms with Crippen molar-refractivity contribution in [3.05, 3.63) is 0 Å². The van der Waals surface area contributed by atoms with Gasteiger partial charge in [0.2, 0.25) is 0 Å². The molecule has 0 aliphatic carbocycles. The summed E-state index contributed by atoms with van der Waals surface area (Å²) in [6, 6.07) is 0. The molecule has 0 spiro atoms. The smallest absolute Gasteiger partial charge is 0.303 e. The van der Waals surface area contributed by atoms with Crippen LogP contribution in [0.15, 0.2) is 0 Å². The number of ether oxygens (including phenoxy) is 3. The first-order valence-electron chi connectivity index (χ1n) is 5.58. The molecule has 0 aromatic heterocycles. The summed E-state index contributed by atoms with van der Waals surface area (Å²) in [7, 11) is 1.62. The zero-order valence-electron chi connectivity index (χ0n) is 9.69. The molecule has 2 unspecified atom stereocenters. The molecule has 0 aromatic carbocycles. The zero-order chi connectivity index (χ0) is 11.8. The van der Waals surface area contributed by atoms with E-state index in [-0.39, 0.29) is 12.5 Å². The van der Waals surface area contributed by atoms with E-state index in [1.807, 2.05) is 6.92 Å². The second-order valence-electron chi connectivity index (χ2n) is 4.76. The third kappa shape index (κ3) is 1.95. The molecule has 92 valence electrons. The molecule has 0 aromatic rings. The Labute approximate surface area is 94.7 Å². The van der Waals surface area contributed by atoms with E-state index in [1.165, 1.54) is 0 Å². The molecule has 1 N–H and O–H groups in total. The van der Waals surface area contributed by atoms with Crippen LogP contribution in [0.5, 0.6) is 0 Å². The summed E-state index contributed by atoms with van der Waals surface area (Å²) in [4.78, 5) is 10.6. The van der Waals surface area contributed by atoms with Crippen LogP contribution in [0.4, 0.5) is 0 Å². The molecular weight excluding hydrogens is 212 g/mol. The monoisotopic (exact) mass is 230 g/mol. The van der Waals surface area contributed by atoms with Gasteiger partial charge in [-0.1, -0.05) is 0 Å². The lowest BCUT2D eigenvalue weighted by molar-refractivity contribution is -0.320. The fourth-order valence-corrected chi connectivity index (χ4v) is 2.43. The standard InChI is InChI=1S/C11H18O5/c1-10(5-4-9(12)13)8-3-6-11(14-2,16-8)7-15-10/h8H,3-7H2,1-2H3,(H,12,13)/t8-,10?,11?/m0/s1. The Morgan fingerprint density at radius 3 is 3.00 bits per heavy atom. The van der Waals surface area contributed by atoms with E-state index in [0.29, 0.717) is 13.0 Å². The van der Waals surface area contributed by atoms with Crippen molar-refractivity contribution in [1.29, 1.82) is 0 Å². The van der Waals surface area contributed by atoms with Gasteiger partial charge in [-0.05, 0) is 19.8 Å². The minimum atomic E-state index is -0.800. The van der Waals surface area contributed by atoms with Gasteiger partial charge in [0.05, 0.1) is 11.7 Å². The van der Waals surface area contributed by atoms with Crippen LogP contribution in [-0.4, -0.2) is 42.3 Å². The number of aliphatic carboxylic acids is 1. The maximum absolute atomic E-state index is 10.6. The van der Waals surface area contributed by atoms with Crippen molar-refractivity contribution < 1.29 is 24.1 Å². The molecule has 2 fully saturated rings. The molecule has 0 saturated carbocycles. The largest absolute Gasteiger partial charge is 0.481 e. The molecule has 5 nitrogen and oxygen atoms in total. The Balaban J connectivity index is 2.01. The van der Waals surface area contributed by atoms with Gasteiger partial charge in [-0.3, -0.25) is 4.79 Å². The maximum Gasteiger partial charge on any atom is 0.303 e. The van der Waals surface area contributed by atoms with E-state index in [9.17, 15) is 4.79 Å². The van der Waals surface area contributed by atoms with Gasteiger partial charge >= 0.3 is 5.97 Å². The van der Waals surface area contributed by atoms with E-state index in [1.54, 1.807) is 7.11 Å². The Bertz CT molecular complexity index is 292. The van der Waals surface area contributed by atoms with Crippen LogP contribution in [0.2, 0.25) is 0 Å². The summed E-state index contributed by atoms with van der Waals surface area (Å²) in [5.41, 5.74) is -0.489. The van der Waals surface area contributed by atoms with Gasteiger partial charge in [-0.25, -0.2) is 0 Å². The Morgan fingerprint density at radius 2 is 2.38 bits per heavy atom. The highest BCUT2D eigenvalue weighted by molar-refractivity contribution is 5.66. The van der Waals surface area contributed by atoms with Crippen LogP contribution in [-0.2, 0) is 19.0 Å². The van der Waals surface area contributed by atoms with Crippen molar-refractivity contribution in [2.45, 2.75) is 50.1 Å². The number of hydrogen-bond acceptors (Lipinski definition) is 4. The number of rotatable bonds is 4. The fourth-order valence-electron chi connectivity index (χ4n) is 2.43. The molecule has 3 atom stereocenters. The van der Waals surface area contributed by atoms with Crippen LogP contribution in [0.25, 0.3) is 0 Å². The molecule has 2 aliphatic heterocycles. The summed E-state index contributed by atoms with van der Waals surface area (Å²) in [6.07, 6.45) is 2.21. The third-order valence-corrected chi connectivity index (χ3v) is 3.65. The number of carbonyl (C=O) groups is 1. The molecule has 16 heavy (non-hydrogen) atoms. The average Bonchev–Trinajstić information content (AvgIpc) is 2.64. The predicted molar refractivity (Wildman–Crippen MR) is 55.1 cm³/mol. The zero-order valence-corrected chi connectivity index (χ0v) is 9.69. The van der Waals surface area contributed by atoms with Gasteiger partial charge in [0.25, 0.3) is 0 Å². The quantitative estimate of drug-likeness (QED) is 0.785. The van der Waals surface area contributed by atoms with Gasteiger partial charge in [0.15, 0.2) is 5.79 Å². The minimum absolute atomic E-state index is 0.0550. The molecule has 2 bridgehead atoms. The Hall–Kier alpha value is -0.650. The topological polar surface area (TPSA) is 65.0 Å². The number of carboxylic acid groups (broad SMARTS) is 1. The van der Waals surface area contributed by atoms with Crippen LogP contribution in [0.3, 0.4) is 0 Å². The van der Waals surface area contributed by atoms with Crippen molar-refractivity contribution in [2.24, 2.45) is 0 Å². The molecule has 2 saturated heterocycles. The number of carboxylic acids is 1. The van der Waals surface area contributed by atoms with Gasteiger partial charge in [-0.2, -0.15) is 0 Å². The first kappa shape index (κ1) is 11.8. The van der Waals surface area contributed by atoms with E-state index in [0.717, 1.165) is 12.8 Å². The molecule has 0 radical (unpaired) electrons. The lowest BCUT2D eigenvalue weighted by Crippen LogP contribution is -2.53. The summed E-state index contributed by atoms with van der Waals surface area (Å²) in [5.74, 6) is -1.39. The second kappa shape index (κ2) is 3.98. The predicted octanol–water partition coefficient (Wildman–Crippen LogP) is 1.16. The van der Waals surface area contributed by atoms with Crippen LogP contribution >= 0.6 is 0 Å². The highest BCUT2D eigenvalue weighted by atomic mass is 16.7. The minimum Gasteiger partial charge on any atom is -0.481 e. The Morgan fingerprint density at radius 1 is 1.62 bits per heavy atom. The molecular formula is C11H18O5. The van der Waals surface area contributed by atoms with Crippen molar-refractivity contribution in [2.75, 3.05) is 13.7 Å². The van der Waals surface area contributed by atoms with Crippen molar-refractivity contribution in [3.63, 3.8) is 0 Å². The molecule has 2 aliphatic rings. The normalized spacial score (nSPS) is 42.2. The first-order valence-corrected chi connectivity index (χ1v) is 5.58. The highest BCUT2D eigenvalue weighted by Crippen LogP contribution is 2.44. The van der Waals surface area contributed by atoms with E-state index < -0.39 is 17.4 Å². The summed E-state index contributed by atoms with van der Waals surface area (Å²) >= 11 is 0. The lowest BCUT2D eigenvalue weighted by Gasteiger charge is -2.43. The van der Waals surface area contributed by atoms with Gasteiger partial charge in [0, 0.05) is 20.0 Å². The van der Waals surface area contributed by atoms with Crippen LogP contribution in [0, 0.1) is 0 Å². The van der Waals surface area contributed by atoms with E-state index in [4.69, 9.17) is 19.3 Å². The number of methoxy groups -OCH3 is 1. The van der Waals surface area contributed by atoms with Crippen LogP contribution in [0.1, 0.15) is 32.6 Å². The van der Waals surface area contributed by atoms with Crippen molar-refractivity contribution in [3.8, 4) is 0 Å². The van der Waals surface area contributed by atoms with Gasteiger partial charge in [-0.15, -0.1) is 0 Å². The third-order valence-electron chi connectivity index (χ3n) is 3.65. The maximum atomic E-state index is 10.6. The molecule has 2 heterocycles. The van der Waals surface area contributed by atoms with Gasteiger partial charge < -0.3 is 19.3 Å². The summed E-state index contributed by atoms with van der Waals surface area (Å²) < 4.78 is 17.0. The van der Waals surface area contributed by atoms with E-state index >= 15 is 0 Å². The molecule has 5 heteroatoms. The van der Waals surface area contributed by atoms with Crippen molar-refractivity contribution >= 4 is 5.97 Å². The second-order valence-corrected chi connectivity index (χ2v) is 4.76. The number of fused-ring (bicyclic) bond motifs is 2. The summed E-state index contributed by atoms with van der Waals surface area (Å²) in [5, 5.41) is 8.70. The Kier molecular flexibility index (Phi) is 2.94. The molecule has 0 amide bonds. The van der Waals surface area contributed by atoms with Crippen LogP contribution < -0.4 is 0 Å². The highest BCUT2D eigenvalue weighted by Gasteiger charge is 2.54. The average molecular weight is 230 g/mol. The fraction of sp³-hybridized carbons (Fsp3) is 0.909. The van der Waals surface area contributed by atoms with E-state index in [2.05, 4.69) is 0 Å². The lowest BCUT2D eigenvalue weighted by atomic mass is 9.91. The van der Waals surface area contributed by atoms with Crippen molar-refractivity contribution in [1.82, 2.24) is 0 Å². The number of hydrogen-bond donors (Lipinski definition) is 1. The summed E-state index contributed by atoms with van der Waals surface area (Å²) in [6.45, 7) is 2.31. The first-order chi connectivity index (χ1) is 7.50. The SMILES string of the molecule is COC12CC[C@H](O1)C(C)(CCC(=O)O)OC2. The van der Waals surface area contributed by atoms with Gasteiger partial charge in [0.1, 0.15) is 6.61 Å². The molecule has 2 rings (SSSR count).